The first kappa shape index (κ1) is 12.8. The number of aliphatic hydroxyl groups is 1. The van der Waals surface area contributed by atoms with Crippen LogP contribution in [0.15, 0.2) is 18.2 Å². The van der Waals surface area contributed by atoms with Crippen LogP contribution in [-0.4, -0.2) is 28.7 Å². The van der Waals surface area contributed by atoms with Crippen LogP contribution in [0.4, 0.5) is 5.69 Å². The van der Waals surface area contributed by atoms with Crippen LogP contribution in [0.25, 0.3) is 0 Å². The van der Waals surface area contributed by atoms with Gasteiger partial charge in [0.1, 0.15) is 0 Å². The highest BCUT2D eigenvalue weighted by atomic mass is 32.2. The highest BCUT2D eigenvalue weighted by Gasteiger charge is 2.26. The SMILES string of the molecule is Cc1ccc(N2CCSC(C)C2C)c(CO)c1. The second kappa shape index (κ2) is 5.32. The Morgan fingerprint density at radius 2 is 2.18 bits per heavy atom. The van der Waals surface area contributed by atoms with Gasteiger partial charge in [-0.1, -0.05) is 24.6 Å². The summed E-state index contributed by atoms with van der Waals surface area (Å²) >= 11 is 2.04. The van der Waals surface area contributed by atoms with E-state index in [0.717, 1.165) is 12.1 Å². The Hall–Kier alpha value is -0.670. The van der Waals surface area contributed by atoms with Crippen molar-refractivity contribution in [1.29, 1.82) is 0 Å². The molecule has 1 aliphatic heterocycles. The second-order valence-electron chi connectivity index (χ2n) is 4.80. The summed E-state index contributed by atoms with van der Waals surface area (Å²) < 4.78 is 0. The fraction of sp³-hybridized carbons (Fsp3) is 0.571. The fourth-order valence-corrected chi connectivity index (χ4v) is 3.49. The summed E-state index contributed by atoms with van der Waals surface area (Å²) in [6, 6.07) is 6.91. The molecule has 2 nitrogen and oxygen atoms in total. The number of aliphatic hydroxyl groups excluding tert-OH is 1. The van der Waals surface area contributed by atoms with Crippen molar-refractivity contribution in [3.8, 4) is 0 Å². The van der Waals surface area contributed by atoms with Crippen LogP contribution in [-0.2, 0) is 6.61 Å². The molecule has 3 heteroatoms. The minimum atomic E-state index is 0.127. The zero-order valence-electron chi connectivity index (χ0n) is 10.8. The molecule has 1 aromatic carbocycles. The Balaban J connectivity index is 2.32. The molecule has 1 aliphatic rings. The lowest BCUT2D eigenvalue weighted by Gasteiger charge is -2.40. The number of hydrogen-bond acceptors (Lipinski definition) is 3. The van der Waals surface area contributed by atoms with Crippen molar-refractivity contribution in [2.75, 3.05) is 17.2 Å². The van der Waals surface area contributed by atoms with E-state index in [2.05, 4.69) is 43.9 Å². The van der Waals surface area contributed by atoms with Gasteiger partial charge in [0, 0.05) is 34.8 Å². The molecule has 0 bridgehead atoms. The minimum Gasteiger partial charge on any atom is -0.392 e. The lowest BCUT2D eigenvalue weighted by atomic mass is 10.1. The third-order valence-corrected chi connectivity index (χ3v) is 4.94. The van der Waals surface area contributed by atoms with Crippen LogP contribution < -0.4 is 4.90 Å². The molecule has 0 amide bonds. The van der Waals surface area contributed by atoms with Gasteiger partial charge >= 0.3 is 0 Å². The van der Waals surface area contributed by atoms with Gasteiger partial charge in [0.05, 0.1) is 6.61 Å². The van der Waals surface area contributed by atoms with Crippen LogP contribution in [0.1, 0.15) is 25.0 Å². The molecule has 1 fully saturated rings. The molecule has 0 spiro atoms. The number of thioether (sulfide) groups is 1. The van der Waals surface area contributed by atoms with Crippen LogP contribution in [0, 0.1) is 6.92 Å². The van der Waals surface area contributed by atoms with Crippen LogP contribution in [0.2, 0.25) is 0 Å². The number of aryl methyl sites for hydroxylation is 1. The zero-order chi connectivity index (χ0) is 12.4. The topological polar surface area (TPSA) is 23.5 Å². The standard InChI is InChI=1S/C14H21NOS/c1-10-4-5-14(13(8-10)9-16)15-6-7-17-12(3)11(15)2/h4-5,8,11-12,16H,6-7,9H2,1-3H3. The van der Waals surface area contributed by atoms with Gasteiger partial charge in [-0.25, -0.2) is 0 Å². The monoisotopic (exact) mass is 251 g/mol. The molecule has 0 aliphatic carbocycles. The largest absolute Gasteiger partial charge is 0.392 e. The van der Waals surface area contributed by atoms with Gasteiger partial charge in [0.15, 0.2) is 0 Å². The predicted octanol–water partition coefficient (Wildman–Crippen LogP) is 2.82. The van der Waals surface area contributed by atoms with Gasteiger partial charge in [-0.2, -0.15) is 11.8 Å². The van der Waals surface area contributed by atoms with Crippen molar-refractivity contribution in [2.45, 2.75) is 38.7 Å². The van der Waals surface area contributed by atoms with E-state index in [9.17, 15) is 5.11 Å². The van der Waals surface area contributed by atoms with E-state index in [4.69, 9.17) is 0 Å². The summed E-state index contributed by atoms with van der Waals surface area (Å²) in [6.45, 7) is 7.83. The molecule has 0 saturated carbocycles. The average molecular weight is 251 g/mol. The van der Waals surface area contributed by atoms with Crippen molar-refractivity contribution < 1.29 is 5.11 Å². The van der Waals surface area contributed by atoms with Gasteiger partial charge in [0.2, 0.25) is 0 Å². The second-order valence-corrected chi connectivity index (χ2v) is 6.29. The quantitative estimate of drug-likeness (QED) is 0.874. The molecule has 1 N–H and O–H groups in total. The van der Waals surface area contributed by atoms with E-state index in [-0.39, 0.29) is 6.61 Å². The van der Waals surface area contributed by atoms with E-state index in [1.807, 2.05) is 11.8 Å². The summed E-state index contributed by atoms with van der Waals surface area (Å²) in [4.78, 5) is 2.44. The molecule has 2 atom stereocenters. The number of anilines is 1. The van der Waals surface area contributed by atoms with Crippen LogP contribution in [0.3, 0.4) is 0 Å². The summed E-state index contributed by atoms with van der Waals surface area (Å²) in [5, 5.41) is 10.1. The van der Waals surface area contributed by atoms with Crippen LogP contribution >= 0.6 is 11.8 Å². The van der Waals surface area contributed by atoms with Crippen LogP contribution in [0.5, 0.6) is 0 Å². The van der Waals surface area contributed by atoms with Gasteiger partial charge in [0.25, 0.3) is 0 Å². The molecule has 94 valence electrons. The molecule has 1 aromatic rings. The third-order valence-electron chi connectivity index (χ3n) is 3.60. The van der Waals surface area contributed by atoms with E-state index in [1.165, 1.54) is 17.0 Å². The predicted molar refractivity (Wildman–Crippen MR) is 75.8 cm³/mol. The Morgan fingerprint density at radius 1 is 1.41 bits per heavy atom. The fourth-order valence-electron chi connectivity index (χ4n) is 2.39. The Bertz CT molecular complexity index is 394. The zero-order valence-corrected chi connectivity index (χ0v) is 11.6. The van der Waals surface area contributed by atoms with Gasteiger partial charge in [-0.15, -0.1) is 0 Å². The third kappa shape index (κ3) is 2.61. The summed E-state index contributed by atoms with van der Waals surface area (Å²) in [7, 11) is 0. The first-order valence-corrected chi connectivity index (χ1v) is 7.27. The molecule has 1 saturated heterocycles. The molecular formula is C14H21NOS. The van der Waals surface area contributed by atoms with Crippen molar-refractivity contribution >= 4 is 17.4 Å². The number of benzene rings is 1. The Labute approximate surface area is 108 Å². The Morgan fingerprint density at radius 3 is 2.88 bits per heavy atom. The number of nitrogens with zero attached hydrogens (tertiary/aromatic N) is 1. The van der Waals surface area contributed by atoms with Gasteiger partial charge in [-0.3, -0.25) is 0 Å². The lowest BCUT2D eigenvalue weighted by Crippen LogP contribution is -2.45. The van der Waals surface area contributed by atoms with Gasteiger partial charge in [-0.05, 0) is 19.9 Å². The molecular weight excluding hydrogens is 230 g/mol. The van der Waals surface area contributed by atoms with Gasteiger partial charge < -0.3 is 10.0 Å². The van der Waals surface area contributed by atoms with E-state index in [1.54, 1.807) is 0 Å². The maximum Gasteiger partial charge on any atom is 0.0702 e. The molecule has 0 radical (unpaired) electrons. The lowest BCUT2D eigenvalue weighted by molar-refractivity contribution is 0.281. The molecule has 2 rings (SSSR count). The average Bonchev–Trinajstić information content (AvgIpc) is 2.33. The van der Waals surface area contributed by atoms with E-state index in [0.29, 0.717) is 11.3 Å². The normalized spacial score (nSPS) is 25.1. The number of hydrogen-bond donors (Lipinski definition) is 1. The smallest absolute Gasteiger partial charge is 0.0702 e. The van der Waals surface area contributed by atoms with Crippen molar-refractivity contribution in [1.82, 2.24) is 0 Å². The number of rotatable bonds is 2. The Kier molecular flexibility index (Phi) is 4.00. The van der Waals surface area contributed by atoms with Crippen molar-refractivity contribution in [3.05, 3.63) is 29.3 Å². The maximum atomic E-state index is 9.49. The van der Waals surface area contributed by atoms with E-state index < -0.39 is 0 Å². The highest BCUT2D eigenvalue weighted by molar-refractivity contribution is 8.00. The molecule has 0 aromatic heterocycles. The highest BCUT2D eigenvalue weighted by Crippen LogP contribution is 2.31. The van der Waals surface area contributed by atoms with Crippen molar-refractivity contribution in [3.63, 3.8) is 0 Å². The first-order valence-electron chi connectivity index (χ1n) is 6.22. The summed E-state index contributed by atoms with van der Waals surface area (Å²) in [6.07, 6.45) is 0. The first-order chi connectivity index (χ1) is 8.13. The summed E-state index contributed by atoms with van der Waals surface area (Å²) in [5.41, 5.74) is 3.47. The maximum absolute atomic E-state index is 9.49. The molecule has 2 unspecified atom stereocenters. The molecule has 1 heterocycles. The summed E-state index contributed by atoms with van der Waals surface area (Å²) in [5.74, 6) is 1.17. The van der Waals surface area contributed by atoms with E-state index >= 15 is 0 Å². The van der Waals surface area contributed by atoms with Crippen molar-refractivity contribution in [2.24, 2.45) is 0 Å². The minimum absolute atomic E-state index is 0.127. The molecule has 17 heavy (non-hydrogen) atoms.